The molecule has 1 aliphatic heterocycles. The lowest BCUT2D eigenvalue weighted by molar-refractivity contribution is 0.102. The SMILES string of the molecule is Cc1ccc(C)c(NC(=O)c2cn3c4c(cc(Br)cc4c2=O)CC3)c1. The molecular formula is C20H17BrN2O2. The Kier molecular flexibility index (Phi) is 3.76. The Balaban J connectivity index is 1.83. The predicted octanol–water partition coefficient (Wildman–Crippen LogP) is 4.19. The van der Waals surface area contributed by atoms with E-state index in [0.29, 0.717) is 5.39 Å². The van der Waals surface area contributed by atoms with Gasteiger partial charge in [-0.05, 0) is 55.2 Å². The Morgan fingerprint density at radius 1 is 1.20 bits per heavy atom. The molecule has 1 aliphatic rings. The van der Waals surface area contributed by atoms with Gasteiger partial charge < -0.3 is 9.88 Å². The van der Waals surface area contributed by atoms with Crippen LogP contribution in [0.15, 0.2) is 45.8 Å². The third-order valence-corrected chi connectivity index (χ3v) is 5.18. The van der Waals surface area contributed by atoms with Gasteiger partial charge in [0.05, 0.1) is 5.52 Å². The van der Waals surface area contributed by atoms with E-state index in [9.17, 15) is 9.59 Å². The van der Waals surface area contributed by atoms with Crippen molar-refractivity contribution in [2.24, 2.45) is 0 Å². The summed E-state index contributed by atoms with van der Waals surface area (Å²) in [7, 11) is 0. The van der Waals surface area contributed by atoms with Crippen molar-refractivity contribution in [2.45, 2.75) is 26.8 Å². The van der Waals surface area contributed by atoms with Crippen LogP contribution in [0.2, 0.25) is 0 Å². The van der Waals surface area contributed by atoms with Crippen molar-refractivity contribution in [2.75, 3.05) is 5.32 Å². The zero-order chi connectivity index (χ0) is 17.7. The molecule has 0 spiro atoms. The zero-order valence-electron chi connectivity index (χ0n) is 14.0. The smallest absolute Gasteiger partial charge is 0.261 e. The second kappa shape index (κ2) is 5.85. The van der Waals surface area contributed by atoms with Gasteiger partial charge in [0.1, 0.15) is 5.56 Å². The number of amides is 1. The van der Waals surface area contributed by atoms with Crippen molar-refractivity contribution in [1.82, 2.24) is 4.57 Å². The number of benzene rings is 2. The van der Waals surface area contributed by atoms with Gasteiger partial charge >= 0.3 is 0 Å². The predicted molar refractivity (Wildman–Crippen MR) is 103 cm³/mol. The maximum atomic E-state index is 12.9. The Labute approximate surface area is 153 Å². The molecule has 2 heterocycles. The van der Waals surface area contributed by atoms with Gasteiger partial charge in [-0.25, -0.2) is 0 Å². The van der Waals surface area contributed by atoms with Crippen LogP contribution in [0.5, 0.6) is 0 Å². The van der Waals surface area contributed by atoms with Gasteiger partial charge in [0.25, 0.3) is 5.91 Å². The summed E-state index contributed by atoms with van der Waals surface area (Å²) in [6.45, 7) is 4.69. The highest BCUT2D eigenvalue weighted by atomic mass is 79.9. The summed E-state index contributed by atoms with van der Waals surface area (Å²) in [4.78, 5) is 25.7. The first-order valence-electron chi connectivity index (χ1n) is 8.18. The van der Waals surface area contributed by atoms with E-state index in [1.54, 1.807) is 12.3 Å². The van der Waals surface area contributed by atoms with Crippen LogP contribution in [0, 0.1) is 13.8 Å². The van der Waals surface area contributed by atoms with Gasteiger partial charge in [-0.3, -0.25) is 9.59 Å². The molecule has 0 radical (unpaired) electrons. The molecule has 0 saturated carbocycles. The molecule has 1 aromatic heterocycles. The molecular weight excluding hydrogens is 380 g/mol. The molecule has 0 bridgehead atoms. The van der Waals surface area contributed by atoms with E-state index >= 15 is 0 Å². The monoisotopic (exact) mass is 396 g/mol. The highest BCUT2D eigenvalue weighted by Gasteiger charge is 2.21. The van der Waals surface area contributed by atoms with Gasteiger partial charge in [-0.15, -0.1) is 0 Å². The van der Waals surface area contributed by atoms with Gasteiger partial charge in [0, 0.05) is 28.3 Å². The molecule has 126 valence electrons. The summed E-state index contributed by atoms with van der Waals surface area (Å²) in [5.41, 5.74) is 4.80. The van der Waals surface area contributed by atoms with E-state index in [1.165, 1.54) is 0 Å². The number of nitrogens with one attached hydrogen (secondary N) is 1. The number of rotatable bonds is 2. The highest BCUT2D eigenvalue weighted by Crippen LogP contribution is 2.28. The van der Waals surface area contributed by atoms with Crippen molar-refractivity contribution in [3.63, 3.8) is 0 Å². The van der Waals surface area contributed by atoms with Crippen LogP contribution in [0.1, 0.15) is 27.0 Å². The number of halogens is 1. The summed E-state index contributed by atoms with van der Waals surface area (Å²) in [6.07, 6.45) is 2.56. The summed E-state index contributed by atoms with van der Waals surface area (Å²) in [5, 5.41) is 3.48. The third-order valence-electron chi connectivity index (χ3n) is 4.72. The van der Waals surface area contributed by atoms with E-state index in [-0.39, 0.29) is 16.9 Å². The number of hydrogen-bond acceptors (Lipinski definition) is 2. The van der Waals surface area contributed by atoms with Gasteiger partial charge in [0.2, 0.25) is 5.43 Å². The van der Waals surface area contributed by atoms with Crippen molar-refractivity contribution < 1.29 is 4.79 Å². The Morgan fingerprint density at radius 3 is 2.80 bits per heavy atom. The number of nitrogens with zero attached hydrogens (tertiary/aromatic N) is 1. The Morgan fingerprint density at radius 2 is 2.00 bits per heavy atom. The fourth-order valence-electron chi connectivity index (χ4n) is 3.42. The standard InChI is InChI=1S/C20H17BrN2O2/c1-11-3-4-12(2)17(7-11)22-20(25)16-10-23-6-5-13-8-14(21)9-15(18(13)23)19(16)24/h3-4,7-10H,5-6H2,1-2H3,(H,22,25). The van der Waals surface area contributed by atoms with Crippen molar-refractivity contribution in [3.8, 4) is 0 Å². The zero-order valence-corrected chi connectivity index (χ0v) is 15.6. The maximum absolute atomic E-state index is 12.9. The molecule has 4 rings (SSSR count). The maximum Gasteiger partial charge on any atom is 0.261 e. The van der Waals surface area contributed by atoms with Crippen LogP contribution in [-0.4, -0.2) is 10.5 Å². The molecule has 0 aliphatic carbocycles. The first kappa shape index (κ1) is 16.1. The number of aryl methyl sites for hydroxylation is 4. The Hall–Kier alpha value is -2.40. The second-order valence-electron chi connectivity index (χ2n) is 6.55. The Bertz CT molecular complexity index is 1100. The van der Waals surface area contributed by atoms with Crippen LogP contribution in [0.4, 0.5) is 5.69 Å². The van der Waals surface area contributed by atoms with Crippen LogP contribution in [0.25, 0.3) is 10.9 Å². The van der Waals surface area contributed by atoms with Gasteiger partial charge in [-0.2, -0.15) is 0 Å². The van der Waals surface area contributed by atoms with E-state index in [1.807, 2.05) is 42.7 Å². The summed E-state index contributed by atoms with van der Waals surface area (Å²) >= 11 is 3.47. The minimum Gasteiger partial charge on any atom is -0.346 e. The molecule has 2 aromatic carbocycles. The number of anilines is 1. The molecule has 0 fully saturated rings. The fourth-order valence-corrected chi connectivity index (χ4v) is 3.93. The molecule has 4 nitrogen and oxygen atoms in total. The average molecular weight is 397 g/mol. The number of pyridine rings is 1. The molecule has 0 saturated heterocycles. The van der Waals surface area contributed by atoms with Crippen LogP contribution < -0.4 is 10.7 Å². The third kappa shape index (κ3) is 2.68. The van der Waals surface area contributed by atoms with Crippen molar-refractivity contribution in [3.05, 3.63) is 73.5 Å². The number of hydrogen-bond donors (Lipinski definition) is 1. The normalized spacial score (nSPS) is 12.6. The fraction of sp³-hybridized carbons (Fsp3) is 0.200. The summed E-state index contributed by atoms with van der Waals surface area (Å²) in [5.74, 6) is -0.363. The lowest BCUT2D eigenvalue weighted by Crippen LogP contribution is -2.23. The minimum atomic E-state index is -0.363. The van der Waals surface area contributed by atoms with Gasteiger partial charge in [0.15, 0.2) is 0 Å². The quantitative estimate of drug-likeness (QED) is 0.705. The van der Waals surface area contributed by atoms with E-state index < -0.39 is 0 Å². The van der Waals surface area contributed by atoms with E-state index in [0.717, 1.165) is 45.3 Å². The molecule has 0 atom stereocenters. The van der Waals surface area contributed by atoms with Crippen LogP contribution in [0.3, 0.4) is 0 Å². The first-order chi connectivity index (χ1) is 11.9. The number of carbonyl (C=O) groups excluding carboxylic acids is 1. The van der Waals surface area contributed by atoms with Gasteiger partial charge in [-0.1, -0.05) is 28.1 Å². The molecule has 1 N–H and O–H groups in total. The minimum absolute atomic E-state index is 0.180. The number of carbonyl (C=O) groups is 1. The highest BCUT2D eigenvalue weighted by molar-refractivity contribution is 9.10. The van der Waals surface area contributed by atoms with Crippen LogP contribution >= 0.6 is 15.9 Å². The summed E-state index contributed by atoms with van der Waals surface area (Å²) < 4.78 is 2.88. The lowest BCUT2D eigenvalue weighted by Gasteiger charge is -2.11. The largest absolute Gasteiger partial charge is 0.346 e. The topological polar surface area (TPSA) is 51.1 Å². The van der Waals surface area contributed by atoms with Crippen molar-refractivity contribution >= 4 is 38.4 Å². The number of aromatic nitrogens is 1. The lowest BCUT2D eigenvalue weighted by atomic mass is 10.1. The van der Waals surface area contributed by atoms with Crippen LogP contribution in [-0.2, 0) is 13.0 Å². The van der Waals surface area contributed by atoms with Crippen molar-refractivity contribution in [1.29, 1.82) is 0 Å². The molecule has 25 heavy (non-hydrogen) atoms. The molecule has 3 aromatic rings. The first-order valence-corrected chi connectivity index (χ1v) is 8.97. The van der Waals surface area contributed by atoms with E-state index in [4.69, 9.17) is 0 Å². The van der Waals surface area contributed by atoms with E-state index in [2.05, 4.69) is 21.2 Å². The molecule has 5 heteroatoms. The average Bonchev–Trinajstić information content (AvgIpc) is 2.97. The molecule has 0 unspecified atom stereocenters. The summed E-state index contributed by atoms with van der Waals surface area (Å²) in [6, 6.07) is 9.72. The second-order valence-corrected chi connectivity index (χ2v) is 7.46. The molecule has 1 amide bonds.